The SMILES string of the molecule is CCCCc1cccc(CC)c1C=NC(C(C)C)C(C)C. The maximum atomic E-state index is 4.95. The summed E-state index contributed by atoms with van der Waals surface area (Å²) in [6.45, 7) is 13.6. The van der Waals surface area contributed by atoms with Crippen molar-refractivity contribution in [2.45, 2.75) is 73.3 Å². The van der Waals surface area contributed by atoms with Gasteiger partial charge in [0.1, 0.15) is 0 Å². The number of rotatable bonds is 8. The molecule has 118 valence electrons. The molecule has 1 heteroatoms. The summed E-state index contributed by atoms with van der Waals surface area (Å²) in [5.74, 6) is 1.18. The normalized spacial score (nSPS) is 12.2. The summed E-state index contributed by atoms with van der Waals surface area (Å²) >= 11 is 0. The smallest absolute Gasteiger partial charge is 0.0545 e. The standard InChI is InChI=1S/C20H33N/c1-7-9-11-18-13-10-12-17(8-2)19(18)14-21-20(15(3)4)16(5)6/h10,12-16,20H,7-9,11H2,1-6H3. The predicted molar refractivity (Wildman–Crippen MR) is 95.5 cm³/mol. The van der Waals surface area contributed by atoms with Gasteiger partial charge in [0, 0.05) is 6.21 Å². The van der Waals surface area contributed by atoms with Gasteiger partial charge in [-0.3, -0.25) is 4.99 Å². The van der Waals surface area contributed by atoms with Crippen LogP contribution in [0.2, 0.25) is 0 Å². The van der Waals surface area contributed by atoms with E-state index in [-0.39, 0.29) is 0 Å². The molecule has 0 bridgehead atoms. The summed E-state index contributed by atoms with van der Waals surface area (Å²) < 4.78 is 0. The molecule has 1 aromatic rings. The number of hydrogen-bond donors (Lipinski definition) is 0. The average molecular weight is 287 g/mol. The fourth-order valence-electron chi connectivity index (χ4n) is 3.00. The first-order valence-electron chi connectivity index (χ1n) is 8.65. The molecule has 0 spiro atoms. The summed E-state index contributed by atoms with van der Waals surface area (Å²) in [7, 11) is 0. The molecular weight excluding hydrogens is 254 g/mol. The molecule has 0 aliphatic rings. The highest BCUT2D eigenvalue weighted by Gasteiger charge is 2.15. The number of aliphatic imine (C=N–C) groups is 1. The molecule has 0 aromatic heterocycles. The van der Waals surface area contributed by atoms with E-state index >= 15 is 0 Å². The van der Waals surface area contributed by atoms with Crippen molar-refractivity contribution in [2.24, 2.45) is 16.8 Å². The molecule has 0 unspecified atom stereocenters. The van der Waals surface area contributed by atoms with Gasteiger partial charge in [-0.25, -0.2) is 0 Å². The summed E-state index contributed by atoms with van der Waals surface area (Å²) in [6.07, 6.45) is 6.91. The fraction of sp³-hybridized carbons (Fsp3) is 0.650. The number of unbranched alkanes of at least 4 members (excludes halogenated alkanes) is 1. The molecule has 0 N–H and O–H groups in total. The van der Waals surface area contributed by atoms with Crippen molar-refractivity contribution in [3.05, 3.63) is 34.9 Å². The second-order valence-corrected chi connectivity index (χ2v) is 6.70. The first kappa shape index (κ1) is 17.9. The van der Waals surface area contributed by atoms with Crippen molar-refractivity contribution in [1.82, 2.24) is 0 Å². The van der Waals surface area contributed by atoms with Crippen LogP contribution in [0.4, 0.5) is 0 Å². The Kier molecular flexibility index (Phi) is 7.71. The maximum Gasteiger partial charge on any atom is 0.0545 e. The molecular formula is C20H33N. The molecule has 0 radical (unpaired) electrons. The summed E-state index contributed by atoms with van der Waals surface area (Å²) in [6, 6.07) is 7.13. The Labute approximate surface area is 131 Å². The molecule has 0 aliphatic carbocycles. The van der Waals surface area contributed by atoms with E-state index in [4.69, 9.17) is 4.99 Å². The van der Waals surface area contributed by atoms with Gasteiger partial charge in [0.05, 0.1) is 6.04 Å². The molecule has 1 aromatic carbocycles. The topological polar surface area (TPSA) is 12.4 Å². The zero-order valence-electron chi connectivity index (χ0n) is 14.8. The Balaban J connectivity index is 3.08. The molecule has 0 saturated heterocycles. The lowest BCUT2D eigenvalue weighted by atomic mass is 9.93. The van der Waals surface area contributed by atoms with Crippen molar-refractivity contribution >= 4 is 6.21 Å². The lowest BCUT2D eigenvalue weighted by Gasteiger charge is -2.20. The van der Waals surface area contributed by atoms with Crippen LogP contribution in [0.5, 0.6) is 0 Å². The van der Waals surface area contributed by atoms with E-state index in [1.54, 1.807) is 0 Å². The molecule has 0 heterocycles. The van der Waals surface area contributed by atoms with Crippen LogP contribution in [0.25, 0.3) is 0 Å². The number of aryl methyl sites for hydroxylation is 2. The minimum absolute atomic E-state index is 0.411. The number of hydrogen-bond acceptors (Lipinski definition) is 1. The largest absolute Gasteiger partial charge is 0.289 e. The second-order valence-electron chi connectivity index (χ2n) is 6.70. The maximum absolute atomic E-state index is 4.95. The van der Waals surface area contributed by atoms with Gasteiger partial charge in [0.2, 0.25) is 0 Å². The third kappa shape index (κ3) is 5.30. The first-order valence-corrected chi connectivity index (χ1v) is 8.65. The van der Waals surface area contributed by atoms with Crippen LogP contribution in [0.1, 0.15) is 71.1 Å². The third-order valence-electron chi connectivity index (χ3n) is 4.21. The van der Waals surface area contributed by atoms with E-state index < -0.39 is 0 Å². The lowest BCUT2D eigenvalue weighted by molar-refractivity contribution is 0.390. The molecule has 21 heavy (non-hydrogen) atoms. The molecule has 0 atom stereocenters. The second kappa shape index (κ2) is 9.02. The third-order valence-corrected chi connectivity index (χ3v) is 4.21. The van der Waals surface area contributed by atoms with Crippen molar-refractivity contribution in [2.75, 3.05) is 0 Å². The predicted octanol–water partition coefficient (Wildman–Crippen LogP) is 5.69. The molecule has 1 rings (SSSR count). The quantitative estimate of drug-likeness (QED) is 0.544. The van der Waals surface area contributed by atoms with E-state index in [1.807, 2.05) is 0 Å². The highest BCUT2D eigenvalue weighted by atomic mass is 14.8. The summed E-state index contributed by atoms with van der Waals surface area (Å²) in [5, 5.41) is 0. The monoisotopic (exact) mass is 287 g/mol. The van der Waals surface area contributed by atoms with Gasteiger partial charge in [-0.2, -0.15) is 0 Å². The minimum atomic E-state index is 0.411. The van der Waals surface area contributed by atoms with Gasteiger partial charge in [0.25, 0.3) is 0 Å². The van der Waals surface area contributed by atoms with Crippen molar-refractivity contribution in [3.8, 4) is 0 Å². The fourth-order valence-corrected chi connectivity index (χ4v) is 3.00. The van der Waals surface area contributed by atoms with Gasteiger partial charge in [0.15, 0.2) is 0 Å². The molecule has 1 nitrogen and oxygen atoms in total. The van der Waals surface area contributed by atoms with Gasteiger partial charge in [-0.05, 0) is 47.8 Å². The summed E-state index contributed by atoms with van der Waals surface area (Å²) in [5.41, 5.74) is 4.27. The molecule has 0 fully saturated rings. The van der Waals surface area contributed by atoms with Crippen LogP contribution in [-0.4, -0.2) is 12.3 Å². The lowest BCUT2D eigenvalue weighted by Crippen LogP contribution is -2.20. The van der Waals surface area contributed by atoms with Gasteiger partial charge in [-0.1, -0.05) is 66.2 Å². The van der Waals surface area contributed by atoms with E-state index in [9.17, 15) is 0 Å². The number of nitrogens with zero attached hydrogens (tertiary/aromatic N) is 1. The average Bonchev–Trinajstić information content (AvgIpc) is 2.45. The Morgan fingerprint density at radius 1 is 1.00 bits per heavy atom. The van der Waals surface area contributed by atoms with Crippen molar-refractivity contribution in [3.63, 3.8) is 0 Å². The van der Waals surface area contributed by atoms with Crippen LogP contribution in [-0.2, 0) is 12.8 Å². The van der Waals surface area contributed by atoms with Crippen LogP contribution in [0, 0.1) is 11.8 Å². The molecule has 0 saturated carbocycles. The van der Waals surface area contributed by atoms with Gasteiger partial charge in [-0.15, -0.1) is 0 Å². The Morgan fingerprint density at radius 3 is 2.14 bits per heavy atom. The zero-order valence-corrected chi connectivity index (χ0v) is 14.8. The Bertz CT molecular complexity index is 435. The van der Waals surface area contributed by atoms with Crippen LogP contribution in [0.3, 0.4) is 0 Å². The Hall–Kier alpha value is -1.11. The first-order chi connectivity index (χ1) is 10.0. The van der Waals surface area contributed by atoms with Crippen molar-refractivity contribution < 1.29 is 0 Å². The highest BCUT2D eigenvalue weighted by molar-refractivity contribution is 5.84. The minimum Gasteiger partial charge on any atom is -0.289 e. The van der Waals surface area contributed by atoms with Crippen LogP contribution in [0.15, 0.2) is 23.2 Å². The van der Waals surface area contributed by atoms with E-state index in [1.165, 1.54) is 36.0 Å². The van der Waals surface area contributed by atoms with E-state index in [0.29, 0.717) is 17.9 Å². The van der Waals surface area contributed by atoms with Crippen molar-refractivity contribution in [1.29, 1.82) is 0 Å². The van der Waals surface area contributed by atoms with Crippen LogP contribution < -0.4 is 0 Å². The van der Waals surface area contributed by atoms with E-state index in [0.717, 1.165) is 6.42 Å². The van der Waals surface area contributed by atoms with Gasteiger partial charge < -0.3 is 0 Å². The van der Waals surface area contributed by atoms with E-state index in [2.05, 4.69) is 66.0 Å². The van der Waals surface area contributed by atoms with Gasteiger partial charge >= 0.3 is 0 Å². The molecule has 0 amide bonds. The Morgan fingerprint density at radius 2 is 1.62 bits per heavy atom. The highest BCUT2D eigenvalue weighted by Crippen LogP contribution is 2.19. The zero-order chi connectivity index (χ0) is 15.8. The summed E-state index contributed by atoms with van der Waals surface area (Å²) in [4.78, 5) is 4.95. The molecule has 0 aliphatic heterocycles. The van der Waals surface area contributed by atoms with Crippen LogP contribution >= 0.6 is 0 Å². The number of benzene rings is 1.